The van der Waals surface area contributed by atoms with Gasteiger partial charge in [-0.05, 0) is 24.6 Å². The number of hydrogen-bond acceptors (Lipinski definition) is 6. The Kier molecular flexibility index (Phi) is 4.60. The smallest absolute Gasteiger partial charge is 0.224 e. The molecule has 0 aliphatic carbocycles. The Labute approximate surface area is 132 Å². The third kappa shape index (κ3) is 3.59. The van der Waals surface area contributed by atoms with E-state index in [2.05, 4.69) is 25.3 Å². The minimum Gasteiger partial charge on any atom is -0.477 e. The van der Waals surface area contributed by atoms with Gasteiger partial charge in [-0.1, -0.05) is 11.6 Å². The van der Waals surface area contributed by atoms with Gasteiger partial charge in [-0.25, -0.2) is 15.0 Å². The Morgan fingerprint density at radius 1 is 1.09 bits per heavy atom. The van der Waals surface area contributed by atoms with E-state index >= 15 is 0 Å². The average molecular weight is 316 g/mol. The van der Waals surface area contributed by atoms with E-state index in [9.17, 15) is 0 Å². The molecule has 0 fully saturated rings. The van der Waals surface area contributed by atoms with Gasteiger partial charge < -0.3 is 10.1 Å². The number of anilines is 1. The lowest BCUT2D eigenvalue weighted by Gasteiger charge is -2.09. The lowest BCUT2D eigenvalue weighted by molar-refractivity contribution is 0.307. The average Bonchev–Trinajstić information content (AvgIpc) is 2.55. The van der Waals surface area contributed by atoms with Crippen LogP contribution in [0.2, 0.25) is 5.15 Å². The number of aromatic nitrogens is 4. The predicted molar refractivity (Wildman–Crippen MR) is 85.2 cm³/mol. The summed E-state index contributed by atoms with van der Waals surface area (Å²) < 4.78 is 5.72. The van der Waals surface area contributed by atoms with Crippen molar-refractivity contribution >= 4 is 28.5 Å². The SMILES string of the molecule is Clc1cc2ncccc2c(OCCCNc2ncccn2)n1. The molecule has 6 nitrogen and oxygen atoms in total. The molecule has 0 saturated heterocycles. The van der Waals surface area contributed by atoms with E-state index < -0.39 is 0 Å². The second-order valence-electron chi connectivity index (χ2n) is 4.52. The molecular formula is C15H14ClN5O. The standard InChI is InChI=1S/C15H14ClN5O/c16-13-10-12-11(4-1-5-17-12)14(21-13)22-9-3-8-20-15-18-6-2-7-19-15/h1-2,4-7,10H,3,8-9H2,(H,18,19,20). The first-order valence-corrected chi connectivity index (χ1v) is 7.26. The maximum Gasteiger partial charge on any atom is 0.224 e. The number of fused-ring (bicyclic) bond motifs is 1. The lowest BCUT2D eigenvalue weighted by atomic mass is 10.2. The Hall–Kier alpha value is -2.47. The molecule has 0 amide bonds. The molecule has 0 aliphatic heterocycles. The van der Waals surface area contributed by atoms with Gasteiger partial charge in [0.1, 0.15) is 5.15 Å². The van der Waals surface area contributed by atoms with Crippen LogP contribution in [0.4, 0.5) is 5.95 Å². The molecule has 0 saturated carbocycles. The summed E-state index contributed by atoms with van der Waals surface area (Å²) in [7, 11) is 0. The summed E-state index contributed by atoms with van der Waals surface area (Å²) in [5.74, 6) is 1.12. The van der Waals surface area contributed by atoms with Crippen molar-refractivity contribution in [2.75, 3.05) is 18.5 Å². The van der Waals surface area contributed by atoms with Crippen molar-refractivity contribution in [2.24, 2.45) is 0 Å². The first kappa shape index (κ1) is 14.5. The van der Waals surface area contributed by atoms with Crippen molar-refractivity contribution in [2.45, 2.75) is 6.42 Å². The van der Waals surface area contributed by atoms with Gasteiger partial charge in [-0.2, -0.15) is 0 Å². The van der Waals surface area contributed by atoms with E-state index in [1.807, 2.05) is 12.1 Å². The molecule has 3 aromatic heterocycles. The minimum atomic E-state index is 0.372. The molecule has 3 aromatic rings. The summed E-state index contributed by atoms with van der Waals surface area (Å²) in [4.78, 5) is 16.6. The normalized spacial score (nSPS) is 10.6. The summed E-state index contributed by atoms with van der Waals surface area (Å²) in [5, 5.41) is 4.34. The predicted octanol–water partition coefficient (Wildman–Crippen LogP) is 2.95. The molecule has 7 heteroatoms. The Morgan fingerprint density at radius 3 is 2.77 bits per heavy atom. The molecular weight excluding hydrogens is 302 g/mol. The second-order valence-corrected chi connectivity index (χ2v) is 4.91. The molecule has 0 atom stereocenters. The highest BCUT2D eigenvalue weighted by atomic mass is 35.5. The monoisotopic (exact) mass is 315 g/mol. The molecule has 0 aromatic carbocycles. The highest BCUT2D eigenvalue weighted by Gasteiger charge is 2.06. The van der Waals surface area contributed by atoms with Crippen LogP contribution in [0.5, 0.6) is 5.88 Å². The molecule has 0 radical (unpaired) electrons. The molecule has 0 spiro atoms. The number of ether oxygens (including phenoxy) is 1. The Morgan fingerprint density at radius 2 is 1.91 bits per heavy atom. The van der Waals surface area contributed by atoms with Gasteiger partial charge in [-0.3, -0.25) is 4.98 Å². The number of rotatable bonds is 6. The van der Waals surface area contributed by atoms with Crippen molar-refractivity contribution in [3.63, 3.8) is 0 Å². The second kappa shape index (κ2) is 7.00. The zero-order valence-corrected chi connectivity index (χ0v) is 12.5. The quantitative estimate of drug-likeness (QED) is 0.557. The topological polar surface area (TPSA) is 72.8 Å². The maximum absolute atomic E-state index is 5.98. The third-order valence-corrected chi connectivity index (χ3v) is 3.14. The highest BCUT2D eigenvalue weighted by molar-refractivity contribution is 6.30. The van der Waals surface area contributed by atoms with E-state index in [4.69, 9.17) is 16.3 Å². The van der Waals surface area contributed by atoms with Gasteiger partial charge in [0.05, 0.1) is 17.5 Å². The van der Waals surface area contributed by atoms with Crippen LogP contribution in [0.1, 0.15) is 6.42 Å². The van der Waals surface area contributed by atoms with Crippen LogP contribution in [0.15, 0.2) is 42.9 Å². The highest BCUT2D eigenvalue weighted by Crippen LogP contribution is 2.24. The number of hydrogen-bond donors (Lipinski definition) is 1. The van der Waals surface area contributed by atoms with Crippen LogP contribution in [0, 0.1) is 0 Å². The van der Waals surface area contributed by atoms with Crippen molar-refractivity contribution in [3.05, 3.63) is 48.0 Å². The van der Waals surface area contributed by atoms with E-state index in [-0.39, 0.29) is 0 Å². The number of nitrogens with zero attached hydrogens (tertiary/aromatic N) is 4. The van der Waals surface area contributed by atoms with Crippen LogP contribution in [-0.2, 0) is 0 Å². The van der Waals surface area contributed by atoms with E-state index in [1.165, 1.54) is 0 Å². The van der Waals surface area contributed by atoms with Crippen molar-refractivity contribution in [1.82, 2.24) is 19.9 Å². The molecule has 112 valence electrons. The molecule has 0 aliphatic rings. The fraction of sp³-hybridized carbons (Fsp3) is 0.200. The first-order chi connectivity index (χ1) is 10.8. The fourth-order valence-corrected chi connectivity index (χ4v) is 2.14. The van der Waals surface area contributed by atoms with E-state index in [0.717, 1.165) is 17.3 Å². The lowest BCUT2D eigenvalue weighted by Crippen LogP contribution is -2.09. The molecule has 0 bridgehead atoms. The summed E-state index contributed by atoms with van der Waals surface area (Å²) >= 11 is 5.98. The Bertz CT molecular complexity index is 753. The van der Waals surface area contributed by atoms with Crippen LogP contribution >= 0.6 is 11.6 Å². The molecule has 3 rings (SSSR count). The van der Waals surface area contributed by atoms with Gasteiger partial charge >= 0.3 is 0 Å². The number of nitrogens with one attached hydrogen (secondary N) is 1. The van der Waals surface area contributed by atoms with Gasteiger partial charge in [0.25, 0.3) is 0 Å². The molecule has 1 N–H and O–H groups in total. The van der Waals surface area contributed by atoms with Crippen LogP contribution < -0.4 is 10.1 Å². The van der Waals surface area contributed by atoms with Crippen LogP contribution in [0.25, 0.3) is 10.9 Å². The largest absolute Gasteiger partial charge is 0.477 e. The first-order valence-electron chi connectivity index (χ1n) is 6.88. The Balaban J connectivity index is 1.56. The summed E-state index contributed by atoms with van der Waals surface area (Å²) in [6, 6.07) is 7.26. The zero-order valence-electron chi connectivity index (χ0n) is 11.7. The van der Waals surface area contributed by atoms with Crippen molar-refractivity contribution in [1.29, 1.82) is 0 Å². The summed E-state index contributed by atoms with van der Waals surface area (Å²) in [6.07, 6.45) is 5.89. The van der Waals surface area contributed by atoms with Gasteiger partial charge in [0, 0.05) is 31.2 Å². The maximum atomic E-state index is 5.98. The van der Waals surface area contributed by atoms with Gasteiger partial charge in [0.2, 0.25) is 11.8 Å². The summed E-state index contributed by atoms with van der Waals surface area (Å²) in [5.41, 5.74) is 0.772. The molecule has 3 heterocycles. The molecule has 22 heavy (non-hydrogen) atoms. The third-order valence-electron chi connectivity index (χ3n) is 2.94. The van der Waals surface area contributed by atoms with Gasteiger partial charge in [0.15, 0.2) is 0 Å². The van der Waals surface area contributed by atoms with E-state index in [0.29, 0.717) is 30.1 Å². The number of halogens is 1. The number of pyridine rings is 2. The van der Waals surface area contributed by atoms with Crippen molar-refractivity contribution in [3.8, 4) is 5.88 Å². The minimum absolute atomic E-state index is 0.372. The summed E-state index contributed by atoms with van der Waals surface area (Å²) in [6.45, 7) is 1.22. The van der Waals surface area contributed by atoms with Crippen molar-refractivity contribution < 1.29 is 4.74 Å². The van der Waals surface area contributed by atoms with Crippen LogP contribution in [-0.4, -0.2) is 33.1 Å². The van der Waals surface area contributed by atoms with E-state index in [1.54, 1.807) is 30.7 Å². The fourth-order valence-electron chi connectivity index (χ4n) is 1.96. The molecule has 0 unspecified atom stereocenters. The van der Waals surface area contributed by atoms with Gasteiger partial charge in [-0.15, -0.1) is 0 Å². The zero-order chi connectivity index (χ0) is 15.2. The van der Waals surface area contributed by atoms with Crippen LogP contribution in [0.3, 0.4) is 0 Å².